The minimum atomic E-state index is -0.630. The SMILES string of the molecule is COC(=O)c1cc(OC)cc(OC)c1C1OCCO1. The smallest absolute Gasteiger partial charge is 0.338 e. The summed E-state index contributed by atoms with van der Waals surface area (Å²) in [5, 5.41) is 0. The second-order valence-electron chi connectivity index (χ2n) is 3.86. The molecule has 104 valence electrons. The van der Waals surface area contributed by atoms with Crippen LogP contribution in [-0.2, 0) is 14.2 Å². The van der Waals surface area contributed by atoms with Crippen LogP contribution in [0.5, 0.6) is 11.5 Å². The molecule has 1 aliphatic heterocycles. The van der Waals surface area contributed by atoms with Gasteiger partial charge in [-0.2, -0.15) is 0 Å². The summed E-state index contributed by atoms with van der Waals surface area (Å²) in [5.41, 5.74) is 0.832. The Morgan fingerprint density at radius 3 is 2.37 bits per heavy atom. The van der Waals surface area contributed by atoms with Gasteiger partial charge in [0.15, 0.2) is 6.29 Å². The molecule has 1 aromatic rings. The molecule has 6 nitrogen and oxygen atoms in total. The first-order valence-corrected chi connectivity index (χ1v) is 5.78. The third-order valence-corrected chi connectivity index (χ3v) is 2.83. The van der Waals surface area contributed by atoms with E-state index in [4.69, 9.17) is 23.7 Å². The average Bonchev–Trinajstić information content (AvgIpc) is 2.98. The summed E-state index contributed by atoms with van der Waals surface area (Å²) in [6, 6.07) is 3.25. The first kappa shape index (κ1) is 13.6. The third-order valence-electron chi connectivity index (χ3n) is 2.83. The molecule has 0 bridgehead atoms. The van der Waals surface area contributed by atoms with Gasteiger partial charge < -0.3 is 23.7 Å². The van der Waals surface area contributed by atoms with Gasteiger partial charge in [-0.05, 0) is 6.07 Å². The summed E-state index contributed by atoms with van der Waals surface area (Å²) >= 11 is 0. The summed E-state index contributed by atoms with van der Waals surface area (Å²) in [6.45, 7) is 0.945. The van der Waals surface area contributed by atoms with Crippen molar-refractivity contribution < 1.29 is 28.5 Å². The average molecular weight is 268 g/mol. The van der Waals surface area contributed by atoms with Crippen LogP contribution in [0.3, 0.4) is 0 Å². The highest BCUT2D eigenvalue weighted by Crippen LogP contribution is 2.37. The minimum absolute atomic E-state index is 0.311. The highest BCUT2D eigenvalue weighted by Gasteiger charge is 2.29. The lowest BCUT2D eigenvalue weighted by molar-refractivity contribution is -0.0463. The largest absolute Gasteiger partial charge is 0.497 e. The fraction of sp³-hybridized carbons (Fsp3) is 0.462. The molecule has 0 unspecified atom stereocenters. The molecular formula is C13H16O6. The van der Waals surface area contributed by atoms with Crippen molar-refractivity contribution in [3.8, 4) is 11.5 Å². The van der Waals surface area contributed by atoms with E-state index in [1.165, 1.54) is 21.3 Å². The van der Waals surface area contributed by atoms with E-state index in [0.29, 0.717) is 35.8 Å². The number of benzene rings is 1. The van der Waals surface area contributed by atoms with Crippen LogP contribution in [-0.4, -0.2) is 40.5 Å². The summed E-state index contributed by atoms with van der Waals surface area (Å²) in [6.07, 6.45) is -0.630. The molecule has 19 heavy (non-hydrogen) atoms. The highest BCUT2D eigenvalue weighted by molar-refractivity contribution is 5.92. The summed E-state index contributed by atoms with van der Waals surface area (Å²) < 4.78 is 26.1. The van der Waals surface area contributed by atoms with E-state index in [2.05, 4.69) is 0 Å². The molecule has 1 heterocycles. The standard InChI is InChI=1S/C13H16O6/c1-15-8-6-9(12(14)17-3)11(10(7-8)16-2)13-18-4-5-19-13/h6-7,13H,4-5H2,1-3H3. The first-order valence-electron chi connectivity index (χ1n) is 5.78. The van der Waals surface area contributed by atoms with Crippen LogP contribution in [0.2, 0.25) is 0 Å². The topological polar surface area (TPSA) is 63.2 Å². The zero-order chi connectivity index (χ0) is 13.8. The second-order valence-corrected chi connectivity index (χ2v) is 3.86. The molecule has 1 saturated heterocycles. The zero-order valence-corrected chi connectivity index (χ0v) is 11.1. The van der Waals surface area contributed by atoms with E-state index in [1.54, 1.807) is 12.1 Å². The van der Waals surface area contributed by atoms with Crippen LogP contribution in [0, 0.1) is 0 Å². The Morgan fingerprint density at radius 1 is 1.16 bits per heavy atom. The maximum atomic E-state index is 11.9. The van der Waals surface area contributed by atoms with E-state index in [-0.39, 0.29) is 0 Å². The van der Waals surface area contributed by atoms with E-state index >= 15 is 0 Å². The van der Waals surface area contributed by atoms with Crippen LogP contribution in [0.1, 0.15) is 22.2 Å². The van der Waals surface area contributed by atoms with E-state index in [9.17, 15) is 4.79 Å². The molecule has 0 radical (unpaired) electrons. The maximum absolute atomic E-state index is 11.9. The van der Waals surface area contributed by atoms with Gasteiger partial charge in [0.1, 0.15) is 11.5 Å². The van der Waals surface area contributed by atoms with Crippen molar-refractivity contribution in [3.63, 3.8) is 0 Å². The second kappa shape index (κ2) is 5.90. The van der Waals surface area contributed by atoms with Gasteiger partial charge in [-0.25, -0.2) is 4.79 Å². The van der Waals surface area contributed by atoms with Gasteiger partial charge in [0.25, 0.3) is 0 Å². The predicted molar refractivity (Wildman–Crippen MR) is 65.5 cm³/mol. The molecule has 0 atom stereocenters. The van der Waals surface area contributed by atoms with Crippen molar-refractivity contribution in [1.29, 1.82) is 0 Å². The molecule has 0 aliphatic carbocycles. The molecular weight excluding hydrogens is 252 g/mol. The van der Waals surface area contributed by atoms with E-state index in [0.717, 1.165) is 0 Å². The van der Waals surface area contributed by atoms with Crippen LogP contribution in [0.15, 0.2) is 12.1 Å². The molecule has 0 saturated carbocycles. The van der Waals surface area contributed by atoms with E-state index < -0.39 is 12.3 Å². The zero-order valence-electron chi connectivity index (χ0n) is 11.1. The van der Waals surface area contributed by atoms with Crippen molar-refractivity contribution >= 4 is 5.97 Å². The molecule has 0 amide bonds. The molecule has 6 heteroatoms. The van der Waals surface area contributed by atoms with Crippen molar-refractivity contribution in [3.05, 3.63) is 23.3 Å². The molecule has 1 aliphatic rings. The Hall–Kier alpha value is -1.79. The Balaban J connectivity index is 2.55. The van der Waals surface area contributed by atoms with Gasteiger partial charge in [0.05, 0.1) is 45.7 Å². The lowest BCUT2D eigenvalue weighted by Gasteiger charge is -2.18. The highest BCUT2D eigenvalue weighted by atomic mass is 16.7. The van der Waals surface area contributed by atoms with Gasteiger partial charge in [0, 0.05) is 6.07 Å². The first-order chi connectivity index (χ1) is 9.21. The third kappa shape index (κ3) is 2.64. The lowest BCUT2D eigenvalue weighted by atomic mass is 10.0. The number of carbonyl (C=O) groups is 1. The number of ether oxygens (including phenoxy) is 5. The van der Waals surface area contributed by atoms with E-state index in [1.807, 2.05) is 0 Å². The van der Waals surface area contributed by atoms with Crippen molar-refractivity contribution in [2.24, 2.45) is 0 Å². The van der Waals surface area contributed by atoms with Gasteiger partial charge >= 0.3 is 5.97 Å². The normalized spacial score (nSPS) is 15.3. The predicted octanol–water partition coefficient (Wildman–Crippen LogP) is 1.54. The summed E-state index contributed by atoms with van der Waals surface area (Å²) in [4.78, 5) is 11.9. The molecule has 0 aromatic heterocycles. The molecule has 0 spiro atoms. The van der Waals surface area contributed by atoms with Crippen LogP contribution >= 0.6 is 0 Å². The minimum Gasteiger partial charge on any atom is -0.497 e. The van der Waals surface area contributed by atoms with Crippen LogP contribution < -0.4 is 9.47 Å². The fourth-order valence-electron chi connectivity index (χ4n) is 1.94. The molecule has 1 fully saturated rings. The number of methoxy groups -OCH3 is 3. The van der Waals surface area contributed by atoms with Crippen LogP contribution in [0.25, 0.3) is 0 Å². The number of carbonyl (C=O) groups excluding carboxylic acids is 1. The Bertz CT molecular complexity index is 464. The Morgan fingerprint density at radius 2 is 1.84 bits per heavy atom. The van der Waals surface area contributed by atoms with Gasteiger partial charge in [-0.3, -0.25) is 0 Å². The van der Waals surface area contributed by atoms with Crippen molar-refractivity contribution in [1.82, 2.24) is 0 Å². The molecule has 1 aromatic carbocycles. The Labute approximate surface area is 111 Å². The number of rotatable bonds is 4. The quantitative estimate of drug-likeness (QED) is 0.772. The molecule has 2 rings (SSSR count). The summed E-state index contributed by atoms with van der Waals surface area (Å²) in [5.74, 6) is 0.469. The molecule has 0 N–H and O–H groups in total. The van der Waals surface area contributed by atoms with Gasteiger partial charge in [-0.1, -0.05) is 0 Å². The van der Waals surface area contributed by atoms with Gasteiger partial charge in [-0.15, -0.1) is 0 Å². The van der Waals surface area contributed by atoms with Crippen molar-refractivity contribution in [2.75, 3.05) is 34.5 Å². The fourth-order valence-corrected chi connectivity index (χ4v) is 1.94. The van der Waals surface area contributed by atoms with Crippen LogP contribution in [0.4, 0.5) is 0 Å². The monoisotopic (exact) mass is 268 g/mol. The number of esters is 1. The van der Waals surface area contributed by atoms with Crippen molar-refractivity contribution in [2.45, 2.75) is 6.29 Å². The Kier molecular flexibility index (Phi) is 4.24. The number of hydrogen-bond acceptors (Lipinski definition) is 6. The number of hydrogen-bond donors (Lipinski definition) is 0. The maximum Gasteiger partial charge on any atom is 0.338 e. The van der Waals surface area contributed by atoms with Gasteiger partial charge in [0.2, 0.25) is 0 Å². The lowest BCUT2D eigenvalue weighted by Crippen LogP contribution is -2.12. The summed E-state index contributed by atoms with van der Waals surface area (Å²) in [7, 11) is 4.33.